The smallest absolute Gasteiger partial charge is 0.133 e. The first-order valence-electron chi connectivity index (χ1n) is 9.11. The summed E-state index contributed by atoms with van der Waals surface area (Å²) in [6, 6.07) is 18.4. The summed E-state index contributed by atoms with van der Waals surface area (Å²) in [5, 5.41) is 12.8. The first kappa shape index (κ1) is 17.9. The fraction of sp³-hybridized carbons (Fsp3) is 0.273. The second-order valence-corrected chi connectivity index (χ2v) is 6.16. The van der Waals surface area contributed by atoms with Crippen LogP contribution in [0, 0.1) is 11.3 Å². The molecular weight excluding hydrogens is 320 g/mol. The number of fused-ring (bicyclic) bond motifs is 2. The van der Waals surface area contributed by atoms with Gasteiger partial charge in [0.15, 0.2) is 0 Å². The van der Waals surface area contributed by atoms with Gasteiger partial charge in [-0.15, -0.1) is 0 Å². The van der Waals surface area contributed by atoms with E-state index in [1.807, 2.05) is 36.4 Å². The van der Waals surface area contributed by atoms with E-state index in [-0.39, 0.29) is 0 Å². The molecule has 2 aromatic carbocycles. The van der Waals surface area contributed by atoms with Crippen molar-refractivity contribution in [2.45, 2.75) is 13.8 Å². The second-order valence-electron chi connectivity index (χ2n) is 6.16. The van der Waals surface area contributed by atoms with Crippen molar-refractivity contribution in [3.05, 3.63) is 71.3 Å². The van der Waals surface area contributed by atoms with Gasteiger partial charge in [0.1, 0.15) is 5.84 Å². The van der Waals surface area contributed by atoms with Crippen LogP contribution in [-0.2, 0) is 0 Å². The van der Waals surface area contributed by atoms with Crippen LogP contribution in [0.4, 0.5) is 5.69 Å². The zero-order valence-corrected chi connectivity index (χ0v) is 15.4. The zero-order chi connectivity index (χ0) is 18.4. The number of hydrogen-bond acceptors (Lipinski definition) is 3. The Kier molecular flexibility index (Phi) is 5.83. The predicted molar refractivity (Wildman–Crippen MR) is 108 cm³/mol. The lowest BCUT2D eigenvalue weighted by Crippen LogP contribution is -2.26. The predicted octanol–water partition coefficient (Wildman–Crippen LogP) is 4.16. The molecule has 0 aromatic heterocycles. The summed E-state index contributed by atoms with van der Waals surface area (Å²) in [5.41, 5.74) is 5.00. The van der Waals surface area contributed by atoms with Crippen molar-refractivity contribution in [3.8, 4) is 6.07 Å². The maximum atomic E-state index is 9.30. The van der Waals surface area contributed by atoms with E-state index in [0.29, 0.717) is 0 Å². The summed E-state index contributed by atoms with van der Waals surface area (Å²) in [4.78, 5) is 7.23. The van der Waals surface area contributed by atoms with Crippen molar-refractivity contribution in [2.24, 2.45) is 4.99 Å². The summed E-state index contributed by atoms with van der Waals surface area (Å²) in [6.45, 7) is 8.07. The van der Waals surface area contributed by atoms with Gasteiger partial charge in [-0.3, -0.25) is 4.99 Å². The average Bonchev–Trinajstić information content (AvgIpc) is 2.81. The summed E-state index contributed by atoms with van der Waals surface area (Å²) < 4.78 is 0. The third-order valence-corrected chi connectivity index (χ3v) is 4.73. The van der Waals surface area contributed by atoms with E-state index in [2.05, 4.69) is 42.3 Å². The van der Waals surface area contributed by atoms with E-state index in [1.165, 1.54) is 0 Å². The number of amidine groups is 1. The highest BCUT2D eigenvalue weighted by Crippen LogP contribution is 2.34. The summed E-state index contributed by atoms with van der Waals surface area (Å²) in [7, 11) is 0. The zero-order valence-electron chi connectivity index (χ0n) is 15.4. The molecule has 0 saturated heterocycles. The van der Waals surface area contributed by atoms with Crippen molar-refractivity contribution in [3.63, 3.8) is 0 Å². The maximum absolute atomic E-state index is 9.30. The van der Waals surface area contributed by atoms with Gasteiger partial charge in [-0.1, -0.05) is 56.3 Å². The Morgan fingerprint density at radius 3 is 2.35 bits per heavy atom. The standard InChI is InChI=1S/C22H24N4/c1-3-26(4-2)16-15-24-22-20-11-6-5-9-17(20)18(13-14-23)19-10-7-8-12-21(19)25-22/h5-13H,3-4,15-16H2,1-2H3,(H,24,25)/b18-13+. The van der Waals surface area contributed by atoms with E-state index in [4.69, 9.17) is 4.99 Å². The van der Waals surface area contributed by atoms with Gasteiger partial charge in [-0.25, -0.2) is 0 Å². The molecular formula is C22H24N4. The van der Waals surface area contributed by atoms with Gasteiger partial charge < -0.3 is 10.2 Å². The molecule has 4 heteroatoms. The van der Waals surface area contributed by atoms with Crippen molar-refractivity contribution in [2.75, 3.05) is 31.5 Å². The van der Waals surface area contributed by atoms with Crippen molar-refractivity contribution < 1.29 is 0 Å². The highest BCUT2D eigenvalue weighted by Gasteiger charge is 2.21. The fourth-order valence-corrected chi connectivity index (χ4v) is 3.28. The lowest BCUT2D eigenvalue weighted by atomic mass is 9.94. The van der Waals surface area contributed by atoms with Gasteiger partial charge in [0, 0.05) is 35.0 Å². The highest BCUT2D eigenvalue weighted by atomic mass is 15.1. The molecule has 0 radical (unpaired) electrons. The van der Waals surface area contributed by atoms with Crippen LogP contribution in [0.1, 0.15) is 30.5 Å². The third kappa shape index (κ3) is 3.68. The Morgan fingerprint density at radius 2 is 1.65 bits per heavy atom. The first-order chi connectivity index (χ1) is 12.8. The number of para-hydroxylation sites is 1. The molecule has 1 N–H and O–H groups in total. The van der Waals surface area contributed by atoms with E-state index in [1.54, 1.807) is 6.08 Å². The third-order valence-electron chi connectivity index (χ3n) is 4.73. The van der Waals surface area contributed by atoms with Gasteiger partial charge >= 0.3 is 0 Å². The van der Waals surface area contributed by atoms with Gasteiger partial charge in [-0.2, -0.15) is 5.26 Å². The van der Waals surface area contributed by atoms with Crippen molar-refractivity contribution in [1.29, 1.82) is 5.26 Å². The molecule has 1 heterocycles. The highest BCUT2D eigenvalue weighted by molar-refractivity contribution is 6.15. The summed E-state index contributed by atoms with van der Waals surface area (Å²) in [5.74, 6) is 0.863. The van der Waals surface area contributed by atoms with E-state index in [9.17, 15) is 5.26 Å². The van der Waals surface area contributed by atoms with Crippen LogP contribution < -0.4 is 5.32 Å². The minimum absolute atomic E-state index is 0.734. The molecule has 4 nitrogen and oxygen atoms in total. The largest absolute Gasteiger partial charge is 0.340 e. The number of aliphatic imine (C=N–C) groups is 1. The molecule has 1 aliphatic heterocycles. The number of benzene rings is 2. The molecule has 0 aliphatic carbocycles. The van der Waals surface area contributed by atoms with Gasteiger partial charge in [-0.05, 0) is 24.7 Å². The Labute approximate surface area is 155 Å². The molecule has 132 valence electrons. The Balaban J connectivity index is 2.06. The van der Waals surface area contributed by atoms with Gasteiger partial charge in [0.25, 0.3) is 0 Å². The number of nitrogens with one attached hydrogen (secondary N) is 1. The normalized spacial score (nSPS) is 15.9. The average molecular weight is 344 g/mol. The topological polar surface area (TPSA) is 51.4 Å². The van der Waals surface area contributed by atoms with Crippen LogP contribution in [0.5, 0.6) is 0 Å². The minimum atomic E-state index is 0.734. The van der Waals surface area contributed by atoms with E-state index in [0.717, 1.165) is 60.0 Å². The van der Waals surface area contributed by atoms with Crippen LogP contribution in [0.15, 0.2) is 59.6 Å². The molecule has 0 amide bonds. The summed E-state index contributed by atoms with van der Waals surface area (Å²) >= 11 is 0. The number of anilines is 1. The monoisotopic (exact) mass is 344 g/mol. The Hall–Kier alpha value is -2.90. The quantitative estimate of drug-likeness (QED) is 0.829. The van der Waals surface area contributed by atoms with Crippen LogP contribution in [0.2, 0.25) is 0 Å². The van der Waals surface area contributed by atoms with E-state index < -0.39 is 0 Å². The first-order valence-corrected chi connectivity index (χ1v) is 9.11. The SMILES string of the molecule is CCN(CC)CCN=C1Nc2ccccc2/C(=C/C#N)c2ccccc21. The Bertz CT molecular complexity index is 870. The van der Waals surface area contributed by atoms with Crippen molar-refractivity contribution >= 4 is 17.1 Å². The second kappa shape index (κ2) is 8.46. The Morgan fingerprint density at radius 1 is 1.00 bits per heavy atom. The van der Waals surface area contributed by atoms with Crippen LogP contribution in [-0.4, -0.2) is 36.9 Å². The summed E-state index contributed by atoms with van der Waals surface area (Å²) in [6.07, 6.45) is 1.62. The lowest BCUT2D eigenvalue weighted by Gasteiger charge is -2.17. The molecule has 2 aromatic rings. The van der Waals surface area contributed by atoms with Crippen molar-refractivity contribution in [1.82, 2.24) is 4.90 Å². The molecule has 0 unspecified atom stereocenters. The molecule has 0 bridgehead atoms. The number of hydrogen-bond donors (Lipinski definition) is 1. The van der Waals surface area contributed by atoms with Gasteiger partial charge in [0.05, 0.1) is 12.6 Å². The molecule has 0 fully saturated rings. The number of allylic oxidation sites excluding steroid dienone is 1. The molecule has 1 aliphatic rings. The van der Waals surface area contributed by atoms with Crippen LogP contribution >= 0.6 is 0 Å². The van der Waals surface area contributed by atoms with Crippen LogP contribution in [0.3, 0.4) is 0 Å². The molecule has 26 heavy (non-hydrogen) atoms. The minimum Gasteiger partial charge on any atom is -0.340 e. The molecule has 0 saturated carbocycles. The number of likely N-dealkylation sites (N-methyl/N-ethyl adjacent to an activating group) is 1. The number of nitriles is 1. The molecule has 3 rings (SSSR count). The fourth-order valence-electron chi connectivity index (χ4n) is 3.28. The number of rotatable bonds is 5. The van der Waals surface area contributed by atoms with Crippen LogP contribution in [0.25, 0.3) is 5.57 Å². The maximum Gasteiger partial charge on any atom is 0.133 e. The molecule has 0 atom stereocenters. The van der Waals surface area contributed by atoms with E-state index >= 15 is 0 Å². The lowest BCUT2D eigenvalue weighted by molar-refractivity contribution is 0.313. The number of nitrogens with zero attached hydrogens (tertiary/aromatic N) is 3. The van der Waals surface area contributed by atoms with Gasteiger partial charge in [0.2, 0.25) is 0 Å². The molecule has 0 spiro atoms.